The van der Waals surface area contributed by atoms with Gasteiger partial charge in [0.25, 0.3) is 0 Å². The number of nitrogens with zero attached hydrogens (tertiary/aromatic N) is 6. The number of hydrogen-bond acceptors (Lipinski definition) is 8. The molecule has 3 aromatic rings. The van der Waals surface area contributed by atoms with Crippen molar-refractivity contribution < 1.29 is 36.1 Å². The van der Waals surface area contributed by atoms with E-state index in [2.05, 4.69) is 25.9 Å². The average Bonchev–Trinajstić information content (AvgIpc) is 3.77. The number of ether oxygens (including phenoxy) is 2. The minimum Gasteiger partial charge on any atom is -0.457 e. The number of carbonyl (C=O) groups is 2. The summed E-state index contributed by atoms with van der Waals surface area (Å²) in [5.74, 6) is 1.58. The Balaban J connectivity index is 0.00000370. The molecule has 0 saturated heterocycles. The number of benzene rings is 1. The van der Waals surface area contributed by atoms with Crippen LogP contribution in [0.4, 0.5) is 4.79 Å². The second-order valence-electron chi connectivity index (χ2n) is 8.97. The first-order valence-electron chi connectivity index (χ1n) is 12.4. The Morgan fingerprint density at radius 2 is 1.30 bits per heavy atom. The van der Waals surface area contributed by atoms with Crippen LogP contribution in [0.1, 0.15) is 17.0 Å². The molecule has 5 rings (SSSR count). The molecular formula is C28H27FeN7O4+2. The largest absolute Gasteiger partial charge is 2.00 e. The molecule has 1 amide bonds. The quantitative estimate of drug-likeness (QED) is 0.255. The molecule has 12 heteroatoms. The van der Waals surface area contributed by atoms with Crippen LogP contribution < -0.4 is 5.32 Å². The molecule has 2 aromatic heterocycles. The van der Waals surface area contributed by atoms with Crippen LogP contribution in [0.25, 0.3) is 0 Å². The van der Waals surface area contributed by atoms with Gasteiger partial charge in [-0.1, -0.05) is 40.8 Å². The van der Waals surface area contributed by atoms with E-state index in [1.54, 1.807) is 21.8 Å². The molecule has 40 heavy (non-hydrogen) atoms. The molecule has 2 saturated carbocycles. The van der Waals surface area contributed by atoms with E-state index < -0.39 is 18.1 Å². The van der Waals surface area contributed by atoms with Gasteiger partial charge in [-0.25, -0.2) is 9.59 Å². The standard InChI is InChI=1S/C28H27N7O4.Fe/c36-27(38-19-24-17-34(32-30-24)15-22-10-4-5-11-22)26(14-21-8-2-1-3-9-21)29-28(37)39-20-25-18-35(33-31-25)16-23-12-6-7-13-23;/h1-13,17-18,26H,14-16,19-20H2,(H,29,37);/q;+2/t26-;/m0./s1. The van der Waals surface area contributed by atoms with Gasteiger partial charge in [0.1, 0.15) is 30.6 Å². The molecule has 0 bridgehead atoms. The second kappa shape index (κ2) is 14.9. The summed E-state index contributed by atoms with van der Waals surface area (Å²) in [5, 5.41) is 18.9. The SMILES string of the molecule is O=C(N[C@@H](Cc1ccccc1)C(=O)OCc1cn(C[C]2[CH][CH][CH][CH]2)nn1)OCc1cn(C[C]2[CH][CH][CH][CH]2)nn1.[Fe+2]. The zero-order valence-electron chi connectivity index (χ0n) is 21.4. The molecule has 2 aliphatic rings. The van der Waals surface area contributed by atoms with Gasteiger partial charge in [-0.15, -0.1) is 10.2 Å². The minimum atomic E-state index is -0.965. The molecule has 0 unspecified atom stereocenters. The second-order valence-corrected chi connectivity index (χ2v) is 8.97. The summed E-state index contributed by atoms with van der Waals surface area (Å²) in [4.78, 5) is 25.6. The monoisotopic (exact) mass is 581 g/mol. The molecule has 0 aliphatic heterocycles. The molecule has 2 aliphatic carbocycles. The van der Waals surface area contributed by atoms with Crippen molar-refractivity contribution in [2.45, 2.75) is 38.8 Å². The van der Waals surface area contributed by atoms with E-state index in [1.807, 2.05) is 81.7 Å². The van der Waals surface area contributed by atoms with Crippen LogP contribution in [0, 0.1) is 63.2 Å². The molecule has 2 heterocycles. The van der Waals surface area contributed by atoms with Gasteiger partial charge < -0.3 is 14.8 Å². The molecule has 1 aromatic carbocycles. The summed E-state index contributed by atoms with van der Waals surface area (Å²) < 4.78 is 14.1. The molecule has 204 valence electrons. The van der Waals surface area contributed by atoms with Crippen molar-refractivity contribution in [1.82, 2.24) is 35.3 Å². The van der Waals surface area contributed by atoms with Gasteiger partial charge in [0.05, 0.1) is 12.4 Å². The van der Waals surface area contributed by atoms with Gasteiger partial charge in [0.2, 0.25) is 0 Å². The summed E-state index contributed by atoms with van der Waals surface area (Å²) in [5.41, 5.74) is 1.85. The number of amides is 1. The summed E-state index contributed by atoms with van der Waals surface area (Å²) in [6.45, 7) is 0.971. The molecule has 1 atom stereocenters. The third kappa shape index (κ3) is 8.89. The number of carbonyl (C=O) groups excluding carboxylic acids is 2. The summed E-state index contributed by atoms with van der Waals surface area (Å²) >= 11 is 0. The van der Waals surface area contributed by atoms with E-state index in [0.717, 1.165) is 17.4 Å². The maximum atomic E-state index is 13.0. The van der Waals surface area contributed by atoms with Crippen LogP contribution >= 0.6 is 0 Å². The number of alkyl carbamates (subject to hydrolysis) is 1. The number of aromatic nitrogens is 6. The van der Waals surface area contributed by atoms with Gasteiger partial charge in [-0.3, -0.25) is 9.36 Å². The fraction of sp³-hybridized carbons (Fsp3) is 0.214. The van der Waals surface area contributed by atoms with Crippen molar-refractivity contribution in [3.63, 3.8) is 0 Å². The zero-order valence-corrected chi connectivity index (χ0v) is 22.5. The fourth-order valence-corrected chi connectivity index (χ4v) is 3.99. The average molecular weight is 581 g/mol. The Morgan fingerprint density at radius 1 is 0.775 bits per heavy atom. The Morgan fingerprint density at radius 3 is 1.85 bits per heavy atom. The molecular weight excluding hydrogens is 554 g/mol. The van der Waals surface area contributed by atoms with E-state index >= 15 is 0 Å². The van der Waals surface area contributed by atoms with Crippen molar-refractivity contribution in [2.75, 3.05) is 0 Å². The fourth-order valence-electron chi connectivity index (χ4n) is 3.99. The molecule has 2 fully saturated rings. The van der Waals surface area contributed by atoms with Crippen molar-refractivity contribution in [3.8, 4) is 0 Å². The Bertz CT molecular complexity index is 1210. The molecule has 1 N–H and O–H groups in total. The van der Waals surface area contributed by atoms with Crippen LogP contribution in [0.5, 0.6) is 0 Å². The summed E-state index contributed by atoms with van der Waals surface area (Å²) in [6.07, 6.45) is 18.7. The van der Waals surface area contributed by atoms with Crippen molar-refractivity contribution >= 4 is 12.1 Å². The van der Waals surface area contributed by atoms with Crippen molar-refractivity contribution in [1.29, 1.82) is 0 Å². The molecule has 11 nitrogen and oxygen atoms in total. The van der Waals surface area contributed by atoms with Crippen LogP contribution in [0.3, 0.4) is 0 Å². The van der Waals surface area contributed by atoms with E-state index in [4.69, 9.17) is 9.47 Å². The number of nitrogens with one attached hydrogen (secondary N) is 1. The van der Waals surface area contributed by atoms with E-state index in [0.29, 0.717) is 24.5 Å². The van der Waals surface area contributed by atoms with Gasteiger partial charge in [0.15, 0.2) is 0 Å². The number of rotatable bonds is 12. The van der Waals surface area contributed by atoms with E-state index in [1.165, 1.54) is 0 Å². The van der Waals surface area contributed by atoms with Crippen LogP contribution in [0.2, 0.25) is 0 Å². The number of hydrogen-bond donors (Lipinski definition) is 1. The Hall–Kier alpha value is -3.24. The van der Waals surface area contributed by atoms with E-state index in [-0.39, 0.29) is 36.7 Å². The summed E-state index contributed by atoms with van der Waals surface area (Å²) in [6, 6.07) is 8.37. The van der Waals surface area contributed by atoms with E-state index in [9.17, 15) is 9.59 Å². The van der Waals surface area contributed by atoms with Gasteiger partial charge in [-0.2, -0.15) is 0 Å². The smallest absolute Gasteiger partial charge is 0.457 e. The van der Waals surface area contributed by atoms with Crippen LogP contribution in [0.15, 0.2) is 42.7 Å². The third-order valence-electron chi connectivity index (χ3n) is 5.90. The predicted molar refractivity (Wildman–Crippen MR) is 138 cm³/mol. The van der Waals surface area contributed by atoms with Gasteiger partial charge >= 0.3 is 29.1 Å². The first-order chi connectivity index (χ1) is 19.1. The van der Waals surface area contributed by atoms with Gasteiger partial charge in [0, 0.05) is 31.3 Å². The predicted octanol–water partition coefficient (Wildman–Crippen LogP) is 2.26. The van der Waals surface area contributed by atoms with Crippen LogP contribution in [-0.4, -0.2) is 48.1 Å². The first-order valence-corrected chi connectivity index (χ1v) is 12.4. The first kappa shape index (κ1) is 29.7. The Labute approximate surface area is 244 Å². The molecule has 10 radical (unpaired) electrons. The topological polar surface area (TPSA) is 126 Å². The maximum Gasteiger partial charge on any atom is 2.00 e. The van der Waals surface area contributed by atoms with Gasteiger partial charge in [-0.05, 0) is 56.9 Å². The van der Waals surface area contributed by atoms with Crippen LogP contribution in [-0.2, 0) is 64.1 Å². The minimum absolute atomic E-state index is 0. The Kier molecular flexibility index (Phi) is 11.1. The zero-order chi connectivity index (χ0) is 26.9. The summed E-state index contributed by atoms with van der Waals surface area (Å²) in [7, 11) is 0. The third-order valence-corrected chi connectivity index (χ3v) is 5.90. The number of esters is 1. The molecule has 0 spiro atoms. The van der Waals surface area contributed by atoms with Crippen molar-refractivity contribution in [2.24, 2.45) is 0 Å². The van der Waals surface area contributed by atoms with Crippen molar-refractivity contribution in [3.05, 3.63) is 123 Å². The normalized spacial score (nSPS) is 16.4. The maximum absolute atomic E-state index is 13.0.